The number of hydrogen-bond donors (Lipinski definition) is 1. The smallest absolute Gasteiger partial charge is 0.242 e. The second kappa shape index (κ2) is 12.4. The fourth-order valence-electron chi connectivity index (χ4n) is 3.15. The van der Waals surface area contributed by atoms with Crippen LogP contribution >= 0.6 is 23.2 Å². The van der Waals surface area contributed by atoms with E-state index in [1.807, 2.05) is 31.2 Å². The lowest BCUT2D eigenvalue weighted by molar-refractivity contribution is -0.141. The van der Waals surface area contributed by atoms with Crippen LogP contribution in [0.25, 0.3) is 0 Å². The monoisotopic (exact) mass is 466 g/mol. The lowest BCUT2D eigenvalue weighted by atomic mass is 10.1. The maximum Gasteiger partial charge on any atom is 0.242 e. The Morgan fingerprint density at radius 1 is 1.10 bits per heavy atom. The van der Waals surface area contributed by atoms with E-state index in [4.69, 9.17) is 32.7 Å². The molecule has 0 aliphatic heterocycles. The molecule has 0 fully saturated rings. The highest BCUT2D eigenvalue weighted by atomic mass is 35.5. The van der Waals surface area contributed by atoms with E-state index in [0.717, 1.165) is 11.3 Å². The van der Waals surface area contributed by atoms with Crippen LogP contribution in [-0.2, 0) is 16.1 Å². The Labute approximate surface area is 193 Å². The summed E-state index contributed by atoms with van der Waals surface area (Å²) in [5, 5.41) is 3.61. The molecule has 0 spiro atoms. The first kappa shape index (κ1) is 24.8. The summed E-state index contributed by atoms with van der Waals surface area (Å²) in [5.41, 5.74) is 0.733. The number of halogens is 2. The molecule has 0 aromatic heterocycles. The number of amides is 2. The number of nitrogens with zero attached hydrogens (tertiary/aromatic N) is 1. The minimum atomic E-state index is -0.591. The normalized spacial score (nSPS) is 11.5. The van der Waals surface area contributed by atoms with Crippen LogP contribution in [0.4, 0.5) is 0 Å². The quantitative estimate of drug-likeness (QED) is 0.486. The molecule has 31 heavy (non-hydrogen) atoms. The molecule has 0 aliphatic rings. The van der Waals surface area contributed by atoms with Crippen molar-refractivity contribution >= 4 is 35.0 Å². The minimum Gasteiger partial charge on any atom is -0.497 e. The van der Waals surface area contributed by atoms with Crippen molar-refractivity contribution in [2.75, 3.05) is 20.8 Å². The average molecular weight is 467 g/mol. The number of carbonyl (C=O) groups excluding carboxylic acids is 2. The van der Waals surface area contributed by atoms with Gasteiger partial charge in [-0.1, -0.05) is 36.2 Å². The Bertz CT molecular complexity index is 874. The van der Waals surface area contributed by atoms with E-state index < -0.39 is 6.04 Å². The van der Waals surface area contributed by atoms with E-state index >= 15 is 0 Å². The molecule has 0 aliphatic carbocycles. The molecule has 2 rings (SSSR count). The van der Waals surface area contributed by atoms with Crippen LogP contribution in [0.5, 0.6) is 11.5 Å². The predicted molar refractivity (Wildman–Crippen MR) is 123 cm³/mol. The molecule has 1 atom stereocenters. The first-order valence-corrected chi connectivity index (χ1v) is 10.9. The Morgan fingerprint density at radius 2 is 1.77 bits per heavy atom. The minimum absolute atomic E-state index is 0.139. The zero-order valence-electron chi connectivity index (χ0n) is 18.0. The van der Waals surface area contributed by atoms with Crippen LogP contribution in [0.3, 0.4) is 0 Å². The summed E-state index contributed by atoms with van der Waals surface area (Å²) in [6.07, 6.45) is 1.24. The summed E-state index contributed by atoms with van der Waals surface area (Å²) in [4.78, 5) is 27.0. The van der Waals surface area contributed by atoms with Gasteiger partial charge in [0.15, 0.2) is 0 Å². The SMILES string of the molecule is CC[C@@H](C(=O)NC)N(Cc1ccc(Cl)cc1Cl)C(=O)CCCOc1ccc(OC)cc1. The number of ether oxygens (including phenoxy) is 2. The van der Waals surface area contributed by atoms with Gasteiger partial charge in [-0.05, 0) is 54.8 Å². The van der Waals surface area contributed by atoms with E-state index in [-0.39, 0.29) is 24.8 Å². The summed E-state index contributed by atoms with van der Waals surface area (Å²) in [6, 6.07) is 11.8. The number of methoxy groups -OCH3 is 1. The van der Waals surface area contributed by atoms with Gasteiger partial charge < -0.3 is 19.7 Å². The highest BCUT2D eigenvalue weighted by Crippen LogP contribution is 2.24. The van der Waals surface area contributed by atoms with Gasteiger partial charge in [-0.2, -0.15) is 0 Å². The highest BCUT2D eigenvalue weighted by Gasteiger charge is 2.28. The third-order valence-corrected chi connectivity index (χ3v) is 5.44. The second-order valence-corrected chi connectivity index (χ2v) is 7.77. The molecule has 8 heteroatoms. The van der Waals surface area contributed by atoms with E-state index in [2.05, 4.69) is 5.32 Å². The number of rotatable bonds is 11. The number of nitrogens with one attached hydrogen (secondary N) is 1. The molecular weight excluding hydrogens is 439 g/mol. The van der Waals surface area contributed by atoms with Crippen LogP contribution in [0.2, 0.25) is 10.0 Å². The van der Waals surface area contributed by atoms with Gasteiger partial charge in [0.25, 0.3) is 0 Å². The van der Waals surface area contributed by atoms with Crippen molar-refractivity contribution in [3.05, 3.63) is 58.1 Å². The Morgan fingerprint density at radius 3 is 2.35 bits per heavy atom. The zero-order chi connectivity index (χ0) is 22.8. The summed E-state index contributed by atoms with van der Waals surface area (Å²) in [7, 11) is 3.17. The van der Waals surface area contributed by atoms with Gasteiger partial charge >= 0.3 is 0 Å². The zero-order valence-corrected chi connectivity index (χ0v) is 19.5. The molecule has 168 valence electrons. The van der Waals surface area contributed by atoms with Crippen LogP contribution in [-0.4, -0.2) is 43.5 Å². The predicted octanol–water partition coefficient (Wildman–Crippen LogP) is 4.71. The fourth-order valence-corrected chi connectivity index (χ4v) is 3.62. The molecule has 6 nitrogen and oxygen atoms in total. The largest absolute Gasteiger partial charge is 0.497 e. The molecule has 0 saturated heterocycles. The first-order valence-electron chi connectivity index (χ1n) is 10.1. The van der Waals surface area contributed by atoms with Crippen LogP contribution in [0, 0.1) is 0 Å². The van der Waals surface area contributed by atoms with Crippen molar-refractivity contribution in [1.82, 2.24) is 10.2 Å². The summed E-state index contributed by atoms with van der Waals surface area (Å²) < 4.78 is 10.8. The number of carbonyl (C=O) groups is 2. The van der Waals surface area contributed by atoms with E-state index in [9.17, 15) is 9.59 Å². The number of likely N-dealkylation sites (N-methyl/N-ethyl adjacent to an activating group) is 1. The van der Waals surface area contributed by atoms with Crippen LogP contribution in [0.15, 0.2) is 42.5 Å². The Balaban J connectivity index is 2.03. The Kier molecular flexibility index (Phi) is 9.95. The molecule has 2 aromatic rings. The molecule has 0 unspecified atom stereocenters. The van der Waals surface area contributed by atoms with Gasteiger partial charge in [0.2, 0.25) is 11.8 Å². The average Bonchev–Trinajstić information content (AvgIpc) is 2.78. The van der Waals surface area contributed by atoms with Gasteiger partial charge in [-0.25, -0.2) is 0 Å². The Hall–Kier alpha value is -2.44. The fraction of sp³-hybridized carbons (Fsp3) is 0.391. The summed E-state index contributed by atoms with van der Waals surface area (Å²) >= 11 is 12.3. The molecular formula is C23H28Cl2N2O4. The molecule has 0 radical (unpaired) electrons. The van der Waals surface area contributed by atoms with E-state index in [1.165, 1.54) is 0 Å². The maximum atomic E-state index is 13.0. The molecule has 0 heterocycles. The van der Waals surface area contributed by atoms with Crippen LogP contribution in [0.1, 0.15) is 31.7 Å². The number of hydrogen-bond acceptors (Lipinski definition) is 4. The van der Waals surface area contributed by atoms with Crippen molar-refractivity contribution in [2.24, 2.45) is 0 Å². The standard InChI is InChI=1S/C23H28Cl2N2O4/c1-4-21(23(29)26-2)27(15-16-7-8-17(24)14-20(16)25)22(28)6-5-13-31-19-11-9-18(30-3)10-12-19/h7-12,14,21H,4-6,13,15H2,1-3H3,(H,26,29)/t21-/m0/s1. The highest BCUT2D eigenvalue weighted by molar-refractivity contribution is 6.35. The van der Waals surface area contributed by atoms with Crippen molar-refractivity contribution in [3.8, 4) is 11.5 Å². The summed E-state index contributed by atoms with van der Waals surface area (Å²) in [5.74, 6) is 1.10. The van der Waals surface area contributed by atoms with Crippen molar-refractivity contribution in [1.29, 1.82) is 0 Å². The maximum absolute atomic E-state index is 13.0. The van der Waals surface area contributed by atoms with Gasteiger partial charge in [-0.3, -0.25) is 9.59 Å². The van der Waals surface area contributed by atoms with E-state index in [1.54, 1.807) is 37.3 Å². The topological polar surface area (TPSA) is 67.9 Å². The molecule has 2 aromatic carbocycles. The third-order valence-electron chi connectivity index (χ3n) is 4.85. The second-order valence-electron chi connectivity index (χ2n) is 6.92. The molecule has 0 saturated carbocycles. The summed E-state index contributed by atoms with van der Waals surface area (Å²) in [6.45, 7) is 2.47. The lowest BCUT2D eigenvalue weighted by Crippen LogP contribution is -2.48. The first-order chi connectivity index (χ1) is 14.9. The third kappa shape index (κ3) is 7.33. The van der Waals surface area contributed by atoms with Crippen molar-refractivity contribution in [3.63, 3.8) is 0 Å². The number of benzene rings is 2. The molecule has 1 N–H and O–H groups in total. The van der Waals surface area contributed by atoms with Crippen LogP contribution < -0.4 is 14.8 Å². The molecule has 0 bridgehead atoms. The van der Waals surface area contributed by atoms with Gasteiger partial charge in [-0.15, -0.1) is 0 Å². The van der Waals surface area contributed by atoms with Crippen molar-refractivity contribution in [2.45, 2.75) is 38.8 Å². The van der Waals surface area contributed by atoms with Gasteiger partial charge in [0.05, 0.1) is 13.7 Å². The lowest BCUT2D eigenvalue weighted by Gasteiger charge is -2.30. The molecule has 2 amide bonds. The van der Waals surface area contributed by atoms with Gasteiger partial charge in [0, 0.05) is 30.1 Å². The van der Waals surface area contributed by atoms with E-state index in [0.29, 0.717) is 35.2 Å². The van der Waals surface area contributed by atoms with Gasteiger partial charge in [0.1, 0.15) is 17.5 Å². The van der Waals surface area contributed by atoms with Crippen molar-refractivity contribution < 1.29 is 19.1 Å².